The van der Waals surface area contributed by atoms with Gasteiger partial charge in [0.15, 0.2) is 0 Å². The van der Waals surface area contributed by atoms with Gasteiger partial charge in [0.1, 0.15) is 5.75 Å². The number of aliphatic carboxylic acids is 1. The molecule has 0 aromatic heterocycles. The van der Waals surface area contributed by atoms with Crippen LogP contribution in [0.1, 0.15) is 37.3 Å². The van der Waals surface area contributed by atoms with E-state index in [-0.39, 0.29) is 11.8 Å². The molecule has 3 heteroatoms. The summed E-state index contributed by atoms with van der Waals surface area (Å²) >= 11 is 0. The van der Waals surface area contributed by atoms with Crippen molar-refractivity contribution >= 4 is 5.97 Å². The van der Waals surface area contributed by atoms with Gasteiger partial charge in [0, 0.05) is 5.41 Å². The molecule has 0 heterocycles. The Bertz CT molecular complexity index is 439. The Balaban J connectivity index is 2.44. The van der Waals surface area contributed by atoms with Crippen LogP contribution in [-0.2, 0) is 16.6 Å². The minimum absolute atomic E-state index is 0.188. The lowest BCUT2D eigenvalue weighted by Gasteiger charge is -2.35. The van der Waals surface area contributed by atoms with E-state index in [1.54, 1.807) is 7.11 Å². The molecule has 0 bridgehead atoms. The van der Waals surface area contributed by atoms with Crippen LogP contribution in [-0.4, -0.2) is 18.2 Å². The van der Waals surface area contributed by atoms with Crippen molar-refractivity contribution in [1.29, 1.82) is 0 Å². The van der Waals surface area contributed by atoms with Gasteiger partial charge in [-0.1, -0.05) is 13.0 Å². The quantitative estimate of drug-likeness (QED) is 0.874. The second-order valence-electron chi connectivity index (χ2n) is 5.01. The molecule has 0 saturated carbocycles. The summed E-state index contributed by atoms with van der Waals surface area (Å²) in [5.41, 5.74) is 2.15. The van der Waals surface area contributed by atoms with Crippen LogP contribution in [0, 0.1) is 0 Å². The first-order chi connectivity index (χ1) is 8.05. The second-order valence-corrected chi connectivity index (χ2v) is 5.01. The summed E-state index contributed by atoms with van der Waals surface area (Å²) in [5.74, 6) is 0.0745. The molecular formula is C14H18O3. The number of rotatable bonds is 3. The summed E-state index contributed by atoms with van der Waals surface area (Å²) in [6.07, 6.45) is 3.21. The van der Waals surface area contributed by atoms with E-state index in [1.165, 1.54) is 5.56 Å². The molecule has 92 valence electrons. The van der Waals surface area contributed by atoms with E-state index in [4.69, 9.17) is 9.84 Å². The molecule has 17 heavy (non-hydrogen) atoms. The Labute approximate surface area is 101 Å². The van der Waals surface area contributed by atoms with Crippen LogP contribution in [0.5, 0.6) is 5.75 Å². The normalized spacial score (nSPS) is 22.9. The highest BCUT2D eigenvalue weighted by molar-refractivity contribution is 5.69. The molecule has 0 aliphatic heterocycles. The van der Waals surface area contributed by atoms with E-state index < -0.39 is 5.97 Å². The fourth-order valence-electron chi connectivity index (χ4n) is 2.78. The highest BCUT2D eigenvalue weighted by atomic mass is 16.5. The van der Waals surface area contributed by atoms with Gasteiger partial charge in [-0.05, 0) is 42.5 Å². The predicted molar refractivity (Wildman–Crippen MR) is 65.5 cm³/mol. The third-order valence-electron chi connectivity index (χ3n) is 3.68. The van der Waals surface area contributed by atoms with Crippen molar-refractivity contribution in [3.8, 4) is 5.75 Å². The van der Waals surface area contributed by atoms with Crippen molar-refractivity contribution < 1.29 is 14.6 Å². The van der Waals surface area contributed by atoms with Crippen molar-refractivity contribution in [2.24, 2.45) is 0 Å². The minimum atomic E-state index is -0.733. The Morgan fingerprint density at radius 3 is 2.94 bits per heavy atom. The van der Waals surface area contributed by atoms with Gasteiger partial charge in [-0.3, -0.25) is 4.79 Å². The Kier molecular flexibility index (Phi) is 3.09. The molecule has 0 radical (unpaired) electrons. The number of carboxylic acids is 1. The van der Waals surface area contributed by atoms with Crippen LogP contribution in [0.3, 0.4) is 0 Å². The predicted octanol–water partition coefficient (Wildman–Crippen LogP) is 2.76. The summed E-state index contributed by atoms with van der Waals surface area (Å²) in [6, 6.07) is 6.01. The standard InChI is InChI=1S/C14H18O3/c1-14(9-13(15)16)7-3-4-10-5-6-11(17-2)8-12(10)14/h5-6,8H,3-4,7,9H2,1-2H3,(H,15,16). The molecule has 1 aliphatic rings. The summed E-state index contributed by atoms with van der Waals surface area (Å²) < 4.78 is 5.23. The number of carbonyl (C=O) groups is 1. The van der Waals surface area contributed by atoms with Gasteiger partial charge in [0.25, 0.3) is 0 Å². The highest BCUT2D eigenvalue weighted by Gasteiger charge is 2.34. The summed E-state index contributed by atoms with van der Waals surface area (Å²) in [5, 5.41) is 9.05. The Morgan fingerprint density at radius 2 is 2.29 bits per heavy atom. The number of methoxy groups -OCH3 is 1. The zero-order chi connectivity index (χ0) is 12.5. The van der Waals surface area contributed by atoms with Crippen LogP contribution >= 0.6 is 0 Å². The number of ether oxygens (including phenoxy) is 1. The monoisotopic (exact) mass is 234 g/mol. The van der Waals surface area contributed by atoms with Gasteiger partial charge in [-0.25, -0.2) is 0 Å². The van der Waals surface area contributed by atoms with Gasteiger partial charge in [-0.15, -0.1) is 0 Å². The summed E-state index contributed by atoms with van der Waals surface area (Å²) in [7, 11) is 1.64. The van der Waals surface area contributed by atoms with Crippen molar-refractivity contribution in [3.05, 3.63) is 29.3 Å². The molecule has 1 aromatic carbocycles. The average molecular weight is 234 g/mol. The third-order valence-corrected chi connectivity index (χ3v) is 3.68. The number of hydrogen-bond acceptors (Lipinski definition) is 2. The van der Waals surface area contributed by atoms with E-state index >= 15 is 0 Å². The Hall–Kier alpha value is -1.51. The molecule has 2 rings (SSSR count). The zero-order valence-electron chi connectivity index (χ0n) is 10.3. The molecule has 1 aliphatic carbocycles. The lowest BCUT2D eigenvalue weighted by Crippen LogP contribution is -2.30. The first-order valence-electron chi connectivity index (χ1n) is 5.94. The number of hydrogen-bond donors (Lipinski definition) is 1. The van der Waals surface area contributed by atoms with E-state index in [9.17, 15) is 4.79 Å². The fourth-order valence-corrected chi connectivity index (χ4v) is 2.78. The van der Waals surface area contributed by atoms with Crippen LogP contribution < -0.4 is 4.74 Å². The molecule has 0 saturated heterocycles. The van der Waals surface area contributed by atoms with Crippen molar-refractivity contribution in [2.75, 3.05) is 7.11 Å². The minimum Gasteiger partial charge on any atom is -0.497 e. The third kappa shape index (κ3) is 2.28. The van der Waals surface area contributed by atoms with Crippen LogP contribution in [0.15, 0.2) is 18.2 Å². The maximum Gasteiger partial charge on any atom is 0.304 e. The van der Waals surface area contributed by atoms with Crippen molar-refractivity contribution in [2.45, 2.75) is 38.0 Å². The second kappa shape index (κ2) is 4.40. The molecular weight excluding hydrogens is 216 g/mol. The Morgan fingerprint density at radius 1 is 1.53 bits per heavy atom. The van der Waals surface area contributed by atoms with Crippen LogP contribution in [0.25, 0.3) is 0 Å². The first-order valence-corrected chi connectivity index (χ1v) is 5.94. The van der Waals surface area contributed by atoms with E-state index in [0.29, 0.717) is 0 Å². The molecule has 3 nitrogen and oxygen atoms in total. The lowest BCUT2D eigenvalue weighted by molar-refractivity contribution is -0.138. The van der Waals surface area contributed by atoms with Gasteiger partial charge in [-0.2, -0.15) is 0 Å². The van der Waals surface area contributed by atoms with Gasteiger partial charge in [0.05, 0.1) is 13.5 Å². The van der Waals surface area contributed by atoms with E-state index in [0.717, 1.165) is 30.6 Å². The number of aryl methyl sites for hydroxylation is 1. The maximum atomic E-state index is 11.0. The van der Waals surface area contributed by atoms with Gasteiger partial charge >= 0.3 is 5.97 Å². The molecule has 1 aromatic rings. The van der Waals surface area contributed by atoms with Crippen molar-refractivity contribution in [1.82, 2.24) is 0 Å². The number of fused-ring (bicyclic) bond motifs is 1. The molecule has 0 amide bonds. The number of benzene rings is 1. The van der Waals surface area contributed by atoms with Gasteiger partial charge in [0.2, 0.25) is 0 Å². The molecule has 1 N–H and O–H groups in total. The van der Waals surface area contributed by atoms with Crippen LogP contribution in [0.4, 0.5) is 0 Å². The topological polar surface area (TPSA) is 46.5 Å². The van der Waals surface area contributed by atoms with Gasteiger partial charge < -0.3 is 9.84 Å². The molecule has 0 spiro atoms. The van der Waals surface area contributed by atoms with Crippen LogP contribution in [0.2, 0.25) is 0 Å². The molecule has 0 fully saturated rings. The SMILES string of the molecule is COc1ccc2c(c1)C(C)(CC(=O)O)CCC2. The first kappa shape index (κ1) is 12.0. The largest absolute Gasteiger partial charge is 0.497 e. The van der Waals surface area contributed by atoms with Crippen molar-refractivity contribution in [3.63, 3.8) is 0 Å². The molecule has 1 atom stereocenters. The average Bonchev–Trinajstić information content (AvgIpc) is 2.28. The smallest absolute Gasteiger partial charge is 0.304 e. The lowest BCUT2D eigenvalue weighted by atomic mass is 9.69. The number of carboxylic acid groups (broad SMARTS) is 1. The van der Waals surface area contributed by atoms with E-state index in [1.807, 2.05) is 19.1 Å². The zero-order valence-corrected chi connectivity index (χ0v) is 10.3. The van der Waals surface area contributed by atoms with E-state index in [2.05, 4.69) is 6.07 Å². The maximum absolute atomic E-state index is 11.0. The summed E-state index contributed by atoms with van der Waals surface area (Å²) in [6.45, 7) is 2.04. The summed E-state index contributed by atoms with van der Waals surface area (Å²) in [4.78, 5) is 11.0. The molecule has 1 unspecified atom stereocenters. The fraction of sp³-hybridized carbons (Fsp3) is 0.500. The highest BCUT2D eigenvalue weighted by Crippen LogP contribution is 2.41.